The monoisotopic (exact) mass is 437 g/mol. The minimum atomic E-state index is -3.49. The number of rotatable bonds is 7. The van der Waals surface area contributed by atoms with Crippen LogP contribution in [-0.2, 0) is 14.8 Å². The average Bonchev–Trinajstić information content (AvgIpc) is 3.27. The molecule has 0 saturated carbocycles. The summed E-state index contributed by atoms with van der Waals surface area (Å²) in [4.78, 5) is 18.5. The number of halogens is 1. The van der Waals surface area contributed by atoms with Crippen molar-refractivity contribution in [2.45, 2.75) is 35.7 Å². The molecule has 0 spiro atoms. The van der Waals surface area contributed by atoms with E-state index in [0.29, 0.717) is 18.1 Å². The molecule has 0 N–H and O–H groups in total. The van der Waals surface area contributed by atoms with Gasteiger partial charge in [0.05, 0.1) is 16.8 Å². The molecule has 2 aromatic rings. The summed E-state index contributed by atoms with van der Waals surface area (Å²) < 4.78 is 39.6. The lowest BCUT2D eigenvalue weighted by Crippen LogP contribution is -2.31. The standard InChI is InChI=1S/C20H24FN3O3S2/c1-15(16-5-7-17(21)8-6-16)23(2)20(25)14-28-19-10-9-18(13-22-19)29(26,27)24-11-3-4-12-24/h5-10,13,15H,3-4,11-12,14H2,1-2H3. The molecule has 9 heteroatoms. The normalized spacial score (nSPS) is 16.0. The molecule has 29 heavy (non-hydrogen) atoms. The Kier molecular flexibility index (Phi) is 6.92. The number of aromatic nitrogens is 1. The van der Waals surface area contributed by atoms with Gasteiger partial charge < -0.3 is 4.90 Å². The van der Waals surface area contributed by atoms with Crippen LogP contribution in [0.25, 0.3) is 0 Å². The Morgan fingerprint density at radius 2 is 1.86 bits per heavy atom. The Labute approximate surface area is 175 Å². The Morgan fingerprint density at radius 3 is 2.45 bits per heavy atom. The molecular formula is C20H24FN3O3S2. The summed E-state index contributed by atoms with van der Waals surface area (Å²) in [6.07, 6.45) is 3.12. The Morgan fingerprint density at radius 1 is 1.21 bits per heavy atom. The van der Waals surface area contributed by atoms with Crippen molar-refractivity contribution < 1.29 is 17.6 Å². The van der Waals surface area contributed by atoms with Crippen LogP contribution in [0.15, 0.2) is 52.5 Å². The SMILES string of the molecule is CC(c1ccc(F)cc1)N(C)C(=O)CSc1ccc(S(=O)(=O)N2CCCC2)cn1. The van der Waals surface area contributed by atoms with Crippen LogP contribution in [-0.4, -0.2) is 54.4 Å². The summed E-state index contributed by atoms with van der Waals surface area (Å²) in [6, 6.07) is 9.06. The second-order valence-electron chi connectivity index (χ2n) is 6.96. The number of carbonyl (C=O) groups excluding carboxylic acids is 1. The maximum atomic E-state index is 13.1. The van der Waals surface area contributed by atoms with E-state index in [1.807, 2.05) is 6.92 Å². The van der Waals surface area contributed by atoms with Crippen LogP contribution in [0, 0.1) is 5.82 Å². The lowest BCUT2D eigenvalue weighted by Gasteiger charge is -2.25. The smallest absolute Gasteiger partial charge is 0.244 e. The van der Waals surface area contributed by atoms with Gasteiger partial charge in [-0.2, -0.15) is 4.31 Å². The first kappa shape index (κ1) is 21.7. The molecule has 3 rings (SSSR count). The first-order valence-electron chi connectivity index (χ1n) is 9.39. The van der Waals surface area contributed by atoms with Crippen molar-refractivity contribution >= 4 is 27.7 Å². The number of amides is 1. The van der Waals surface area contributed by atoms with Crippen molar-refractivity contribution in [2.75, 3.05) is 25.9 Å². The van der Waals surface area contributed by atoms with Gasteiger partial charge in [0.2, 0.25) is 15.9 Å². The quantitative estimate of drug-likeness (QED) is 0.622. The van der Waals surface area contributed by atoms with Gasteiger partial charge in [0, 0.05) is 26.3 Å². The van der Waals surface area contributed by atoms with E-state index in [-0.39, 0.29) is 28.4 Å². The van der Waals surface area contributed by atoms with Crippen molar-refractivity contribution in [3.63, 3.8) is 0 Å². The number of nitrogens with zero attached hydrogens (tertiary/aromatic N) is 3. The number of hydrogen-bond donors (Lipinski definition) is 0. The number of thioether (sulfide) groups is 1. The van der Waals surface area contributed by atoms with Crippen LogP contribution >= 0.6 is 11.8 Å². The summed E-state index contributed by atoms with van der Waals surface area (Å²) in [5.74, 6) is -0.234. The molecule has 6 nitrogen and oxygen atoms in total. The maximum Gasteiger partial charge on any atom is 0.244 e. The first-order chi connectivity index (χ1) is 13.8. The van der Waals surface area contributed by atoms with Gasteiger partial charge in [-0.3, -0.25) is 4.79 Å². The molecule has 1 fully saturated rings. The largest absolute Gasteiger partial charge is 0.338 e. The van der Waals surface area contributed by atoms with E-state index in [0.717, 1.165) is 18.4 Å². The molecule has 1 aromatic carbocycles. The number of sulfonamides is 1. The first-order valence-corrected chi connectivity index (χ1v) is 11.8. The number of hydrogen-bond acceptors (Lipinski definition) is 5. The van der Waals surface area contributed by atoms with Gasteiger partial charge in [-0.05, 0) is 49.6 Å². The molecule has 1 aliphatic heterocycles. The Hall–Kier alpha value is -1.97. The molecule has 1 saturated heterocycles. The van der Waals surface area contributed by atoms with Crippen LogP contribution in [0.4, 0.5) is 4.39 Å². The zero-order valence-electron chi connectivity index (χ0n) is 16.4. The lowest BCUT2D eigenvalue weighted by molar-refractivity contribution is -0.128. The highest BCUT2D eigenvalue weighted by atomic mass is 32.2. The summed E-state index contributed by atoms with van der Waals surface area (Å²) in [5, 5.41) is 0.585. The van der Waals surface area contributed by atoms with Gasteiger partial charge in [0.15, 0.2) is 0 Å². The second-order valence-corrected chi connectivity index (χ2v) is 9.90. The predicted molar refractivity (Wildman–Crippen MR) is 111 cm³/mol. The third-order valence-electron chi connectivity index (χ3n) is 5.08. The van der Waals surface area contributed by atoms with E-state index in [1.54, 1.807) is 30.1 Å². The fourth-order valence-corrected chi connectivity index (χ4v) is 5.33. The molecule has 156 valence electrons. The zero-order chi connectivity index (χ0) is 21.0. The second kappa shape index (κ2) is 9.23. The van der Waals surface area contributed by atoms with E-state index in [1.165, 1.54) is 40.5 Å². The molecule has 1 atom stereocenters. The highest BCUT2D eigenvalue weighted by Crippen LogP contribution is 2.24. The fourth-order valence-electron chi connectivity index (χ4n) is 3.10. The molecular weight excluding hydrogens is 413 g/mol. The molecule has 2 heterocycles. The summed E-state index contributed by atoms with van der Waals surface area (Å²) in [7, 11) is -1.78. The van der Waals surface area contributed by atoms with Crippen LogP contribution in [0.1, 0.15) is 31.4 Å². The van der Waals surface area contributed by atoms with Crippen molar-refractivity contribution in [1.29, 1.82) is 0 Å². The third-order valence-corrected chi connectivity index (χ3v) is 7.89. The summed E-state index contributed by atoms with van der Waals surface area (Å²) >= 11 is 1.25. The van der Waals surface area contributed by atoms with E-state index in [2.05, 4.69) is 4.98 Å². The highest BCUT2D eigenvalue weighted by Gasteiger charge is 2.27. The third kappa shape index (κ3) is 5.15. The van der Waals surface area contributed by atoms with Gasteiger partial charge in [-0.25, -0.2) is 17.8 Å². The van der Waals surface area contributed by atoms with Crippen LogP contribution in [0.3, 0.4) is 0 Å². The zero-order valence-corrected chi connectivity index (χ0v) is 18.0. The van der Waals surface area contributed by atoms with Crippen molar-refractivity contribution in [2.24, 2.45) is 0 Å². The van der Waals surface area contributed by atoms with Gasteiger partial charge >= 0.3 is 0 Å². The van der Waals surface area contributed by atoms with Crippen molar-refractivity contribution in [3.05, 3.63) is 54.0 Å². The van der Waals surface area contributed by atoms with Gasteiger partial charge in [0.25, 0.3) is 0 Å². The minimum absolute atomic E-state index is 0.0950. The summed E-state index contributed by atoms with van der Waals surface area (Å²) in [6.45, 7) is 2.98. The molecule has 1 aliphatic rings. The predicted octanol–water partition coefficient (Wildman–Crippen LogP) is 3.32. The Balaban J connectivity index is 1.57. The Bertz CT molecular complexity index is 944. The maximum absolute atomic E-state index is 13.1. The summed E-state index contributed by atoms with van der Waals surface area (Å²) in [5.41, 5.74) is 0.849. The van der Waals surface area contributed by atoms with E-state index in [4.69, 9.17) is 0 Å². The van der Waals surface area contributed by atoms with Gasteiger partial charge in [0.1, 0.15) is 10.7 Å². The molecule has 0 radical (unpaired) electrons. The van der Waals surface area contributed by atoms with Crippen LogP contribution in [0.5, 0.6) is 0 Å². The van der Waals surface area contributed by atoms with Gasteiger partial charge in [-0.15, -0.1) is 0 Å². The van der Waals surface area contributed by atoms with Crippen molar-refractivity contribution in [3.8, 4) is 0 Å². The molecule has 0 aliphatic carbocycles. The highest BCUT2D eigenvalue weighted by molar-refractivity contribution is 7.99. The molecule has 1 aromatic heterocycles. The molecule has 0 bridgehead atoms. The number of benzene rings is 1. The van der Waals surface area contributed by atoms with Crippen LogP contribution < -0.4 is 0 Å². The average molecular weight is 438 g/mol. The molecule has 1 amide bonds. The van der Waals surface area contributed by atoms with E-state index in [9.17, 15) is 17.6 Å². The fraction of sp³-hybridized carbons (Fsp3) is 0.400. The number of pyridine rings is 1. The molecule has 1 unspecified atom stereocenters. The van der Waals surface area contributed by atoms with Crippen LogP contribution in [0.2, 0.25) is 0 Å². The van der Waals surface area contributed by atoms with Gasteiger partial charge in [-0.1, -0.05) is 23.9 Å². The number of carbonyl (C=O) groups is 1. The minimum Gasteiger partial charge on any atom is -0.338 e. The van der Waals surface area contributed by atoms with E-state index >= 15 is 0 Å². The van der Waals surface area contributed by atoms with E-state index < -0.39 is 10.0 Å². The lowest BCUT2D eigenvalue weighted by atomic mass is 10.1. The van der Waals surface area contributed by atoms with Crippen molar-refractivity contribution in [1.82, 2.24) is 14.2 Å². The topological polar surface area (TPSA) is 70.6 Å².